The number of benzene rings is 4. The highest BCUT2D eigenvalue weighted by atomic mass is 16.5. The number of aliphatic hydroxyl groups is 1. The fourth-order valence-corrected chi connectivity index (χ4v) is 4.94. The van der Waals surface area contributed by atoms with E-state index in [9.17, 15) is 4.79 Å². The van der Waals surface area contributed by atoms with Gasteiger partial charge in [0.15, 0.2) is 11.6 Å². The van der Waals surface area contributed by atoms with Crippen LogP contribution in [0.3, 0.4) is 0 Å². The molecule has 0 radical (unpaired) electrons. The van der Waals surface area contributed by atoms with Gasteiger partial charge in [0, 0.05) is 31.6 Å². The maximum atomic E-state index is 13.9. The first-order valence-corrected chi connectivity index (χ1v) is 13.4. The van der Waals surface area contributed by atoms with Crippen molar-refractivity contribution in [3.63, 3.8) is 0 Å². The maximum absolute atomic E-state index is 13.9. The molecule has 40 heavy (non-hydrogen) atoms. The minimum Gasteiger partial charge on any atom is -0.494 e. The summed E-state index contributed by atoms with van der Waals surface area (Å²) >= 11 is 0. The Hall–Kier alpha value is -4.46. The second-order valence-electron chi connectivity index (χ2n) is 9.64. The fraction of sp³-hybridized carbons (Fsp3) is 0.212. The molecule has 204 valence electrons. The van der Waals surface area contributed by atoms with Gasteiger partial charge >= 0.3 is 0 Å². The standard InChI is InChI=1S/C33H33N3O4/c1-2-20-33(32(38)36-34-23-27-14-8-13-24-10-6-7-15-29(24)27)30(25-11-4-3-5-12-25)40-31(35-33)26-16-18-28(19-17-26)39-22-9-21-37/h2-8,10-19,30,34,37H,1,9,20-23H2,(H,36,38)/t30-,33-/m0/s1. The Bertz CT molecular complexity index is 1480. The van der Waals surface area contributed by atoms with Crippen LogP contribution in [0.15, 0.2) is 115 Å². The second-order valence-corrected chi connectivity index (χ2v) is 9.64. The van der Waals surface area contributed by atoms with Crippen LogP contribution in [0.4, 0.5) is 0 Å². The van der Waals surface area contributed by atoms with Crippen LogP contribution in [0.5, 0.6) is 5.75 Å². The lowest BCUT2D eigenvalue weighted by atomic mass is 9.84. The smallest absolute Gasteiger partial charge is 0.266 e. The zero-order chi connectivity index (χ0) is 27.8. The molecule has 7 heteroatoms. The molecule has 1 amide bonds. The molecule has 0 spiro atoms. The molecule has 0 fully saturated rings. The van der Waals surface area contributed by atoms with Gasteiger partial charge in [-0.05, 0) is 46.2 Å². The molecule has 0 aromatic heterocycles. The minimum absolute atomic E-state index is 0.0772. The van der Waals surface area contributed by atoms with Crippen LogP contribution in [0.25, 0.3) is 10.8 Å². The molecule has 1 heterocycles. The topological polar surface area (TPSA) is 92.2 Å². The molecule has 0 bridgehead atoms. The van der Waals surface area contributed by atoms with E-state index in [4.69, 9.17) is 19.6 Å². The van der Waals surface area contributed by atoms with E-state index in [-0.39, 0.29) is 18.9 Å². The van der Waals surface area contributed by atoms with Gasteiger partial charge in [0.25, 0.3) is 5.91 Å². The number of amides is 1. The van der Waals surface area contributed by atoms with E-state index < -0.39 is 11.6 Å². The third kappa shape index (κ3) is 5.76. The number of nitrogens with zero attached hydrogens (tertiary/aromatic N) is 1. The maximum Gasteiger partial charge on any atom is 0.266 e. The monoisotopic (exact) mass is 535 g/mol. The average Bonchev–Trinajstić information content (AvgIpc) is 3.39. The summed E-state index contributed by atoms with van der Waals surface area (Å²) < 4.78 is 12.1. The molecular weight excluding hydrogens is 502 g/mol. The van der Waals surface area contributed by atoms with Crippen molar-refractivity contribution in [3.05, 3.63) is 126 Å². The summed E-state index contributed by atoms with van der Waals surface area (Å²) in [6.45, 7) is 4.88. The number of aliphatic hydroxyl groups excluding tert-OH is 1. The summed E-state index contributed by atoms with van der Waals surface area (Å²) in [6, 6.07) is 31.3. The summed E-state index contributed by atoms with van der Waals surface area (Å²) in [5.41, 5.74) is 7.42. The van der Waals surface area contributed by atoms with E-state index in [0.29, 0.717) is 31.2 Å². The summed E-state index contributed by atoms with van der Waals surface area (Å²) in [7, 11) is 0. The van der Waals surface area contributed by atoms with Crippen molar-refractivity contribution in [2.75, 3.05) is 13.2 Å². The van der Waals surface area contributed by atoms with Crippen molar-refractivity contribution in [2.45, 2.75) is 31.0 Å². The molecule has 4 aromatic carbocycles. The van der Waals surface area contributed by atoms with Crippen LogP contribution in [0.2, 0.25) is 0 Å². The molecule has 3 N–H and O–H groups in total. The number of hydrogen-bond donors (Lipinski definition) is 3. The quantitative estimate of drug-likeness (QED) is 0.131. The number of hydrogen-bond acceptors (Lipinski definition) is 6. The number of aliphatic imine (C=N–C) groups is 1. The van der Waals surface area contributed by atoms with Crippen LogP contribution in [-0.2, 0) is 16.1 Å². The molecule has 7 nitrogen and oxygen atoms in total. The van der Waals surface area contributed by atoms with Crippen LogP contribution < -0.4 is 15.6 Å². The fourth-order valence-electron chi connectivity index (χ4n) is 4.94. The Kier molecular flexibility index (Phi) is 8.54. The second kappa shape index (κ2) is 12.6. The zero-order valence-electron chi connectivity index (χ0n) is 22.3. The minimum atomic E-state index is -1.26. The van der Waals surface area contributed by atoms with Crippen LogP contribution in [-0.4, -0.2) is 35.7 Å². The number of ether oxygens (including phenoxy) is 2. The number of hydrazine groups is 1. The largest absolute Gasteiger partial charge is 0.494 e. The predicted octanol–water partition coefficient (Wildman–Crippen LogP) is 5.26. The summed E-state index contributed by atoms with van der Waals surface area (Å²) in [6.07, 6.45) is 1.89. The summed E-state index contributed by atoms with van der Waals surface area (Å²) in [5.74, 6) is 0.755. The highest BCUT2D eigenvalue weighted by molar-refractivity contribution is 6.01. The van der Waals surface area contributed by atoms with E-state index in [2.05, 4.69) is 35.6 Å². The Balaban J connectivity index is 1.40. The lowest BCUT2D eigenvalue weighted by molar-refractivity contribution is -0.129. The molecule has 1 aliphatic heterocycles. The van der Waals surface area contributed by atoms with Crippen LogP contribution in [0, 0.1) is 0 Å². The molecule has 1 aliphatic rings. The van der Waals surface area contributed by atoms with Crippen LogP contribution >= 0.6 is 0 Å². The third-order valence-electron chi connectivity index (χ3n) is 6.95. The molecule has 5 rings (SSSR count). The van der Waals surface area contributed by atoms with Crippen molar-refractivity contribution in [1.82, 2.24) is 10.9 Å². The molecule has 0 saturated carbocycles. The number of rotatable bonds is 12. The van der Waals surface area contributed by atoms with Gasteiger partial charge in [0.05, 0.1) is 6.61 Å². The summed E-state index contributed by atoms with van der Waals surface area (Å²) in [5, 5.41) is 11.3. The Morgan fingerprint density at radius 3 is 2.52 bits per heavy atom. The van der Waals surface area contributed by atoms with E-state index in [1.165, 1.54) is 0 Å². The predicted molar refractivity (Wildman–Crippen MR) is 157 cm³/mol. The molecule has 0 aliphatic carbocycles. The lowest BCUT2D eigenvalue weighted by Gasteiger charge is -2.29. The zero-order valence-corrected chi connectivity index (χ0v) is 22.3. The van der Waals surface area contributed by atoms with Gasteiger partial charge in [0.1, 0.15) is 5.75 Å². The summed E-state index contributed by atoms with van der Waals surface area (Å²) in [4.78, 5) is 18.8. The molecule has 0 unspecified atom stereocenters. The highest BCUT2D eigenvalue weighted by Crippen LogP contribution is 2.42. The van der Waals surface area contributed by atoms with Gasteiger partial charge in [-0.25, -0.2) is 10.4 Å². The highest BCUT2D eigenvalue weighted by Gasteiger charge is 2.52. The number of carbonyl (C=O) groups excluding carboxylic acids is 1. The van der Waals surface area contributed by atoms with Crippen molar-refractivity contribution >= 4 is 22.6 Å². The van der Waals surface area contributed by atoms with E-state index >= 15 is 0 Å². The normalized spacial score (nSPS) is 18.1. The number of fused-ring (bicyclic) bond motifs is 1. The van der Waals surface area contributed by atoms with Crippen molar-refractivity contribution in [3.8, 4) is 5.75 Å². The van der Waals surface area contributed by atoms with Gasteiger partial charge in [-0.3, -0.25) is 10.2 Å². The number of carbonyl (C=O) groups is 1. The Morgan fingerprint density at radius 2 is 1.75 bits per heavy atom. The van der Waals surface area contributed by atoms with Gasteiger partial charge in [-0.2, -0.15) is 0 Å². The molecule has 2 atom stereocenters. The van der Waals surface area contributed by atoms with Gasteiger partial charge in [-0.1, -0.05) is 78.9 Å². The first kappa shape index (κ1) is 27.1. The Labute approximate surface area is 234 Å². The van der Waals surface area contributed by atoms with E-state index in [1.54, 1.807) is 6.08 Å². The molecular formula is C33H33N3O4. The first-order valence-electron chi connectivity index (χ1n) is 13.4. The lowest BCUT2D eigenvalue weighted by Crippen LogP contribution is -2.52. The third-order valence-corrected chi connectivity index (χ3v) is 6.95. The van der Waals surface area contributed by atoms with Gasteiger partial charge in [-0.15, -0.1) is 6.58 Å². The van der Waals surface area contributed by atoms with Crippen LogP contribution in [0.1, 0.15) is 35.6 Å². The van der Waals surface area contributed by atoms with Gasteiger partial charge < -0.3 is 14.6 Å². The average molecular weight is 536 g/mol. The number of nitrogens with one attached hydrogen (secondary N) is 2. The Morgan fingerprint density at radius 1 is 1.00 bits per heavy atom. The SMILES string of the molecule is C=CC[C@]1(C(=O)NNCc2cccc3ccccc23)N=C(c2ccc(OCCCO)cc2)O[C@H]1c1ccccc1. The van der Waals surface area contributed by atoms with E-state index in [0.717, 1.165) is 27.5 Å². The molecule has 0 saturated heterocycles. The van der Waals surface area contributed by atoms with E-state index in [1.807, 2.05) is 78.9 Å². The molecule has 4 aromatic rings. The van der Waals surface area contributed by atoms with Crippen molar-refractivity contribution in [1.29, 1.82) is 0 Å². The van der Waals surface area contributed by atoms with Crippen molar-refractivity contribution in [2.24, 2.45) is 4.99 Å². The van der Waals surface area contributed by atoms with Gasteiger partial charge in [0.2, 0.25) is 5.90 Å². The first-order chi connectivity index (χ1) is 19.6. The van der Waals surface area contributed by atoms with Crippen molar-refractivity contribution < 1.29 is 19.4 Å².